The molecule has 1 N–H and O–H groups in total. The summed E-state index contributed by atoms with van der Waals surface area (Å²) in [5.74, 6) is 1.19. The van der Waals surface area contributed by atoms with Crippen molar-refractivity contribution in [2.45, 2.75) is 51.1 Å². The van der Waals surface area contributed by atoms with Crippen LogP contribution in [0.25, 0.3) is 0 Å². The summed E-state index contributed by atoms with van der Waals surface area (Å²) in [6, 6.07) is 3.64. The first kappa shape index (κ1) is 9.02. The molecule has 0 heterocycles. The predicted molar refractivity (Wildman–Crippen MR) is 52.1 cm³/mol. The van der Waals surface area contributed by atoms with Gasteiger partial charge in [-0.1, -0.05) is 13.3 Å². The molecule has 0 bridgehead atoms. The molecule has 0 amide bonds. The van der Waals surface area contributed by atoms with Crippen molar-refractivity contribution < 1.29 is 0 Å². The average molecular weight is 178 g/mol. The van der Waals surface area contributed by atoms with E-state index in [1.54, 1.807) is 0 Å². The molecule has 2 nitrogen and oxygen atoms in total. The van der Waals surface area contributed by atoms with E-state index >= 15 is 0 Å². The molecule has 2 unspecified atom stereocenters. The van der Waals surface area contributed by atoms with Gasteiger partial charge in [-0.25, -0.2) is 0 Å². The second kappa shape index (κ2) is 3.67. The Hall–Kier alpha value is -0.550. The van der Waals surface area contributed by atoms with Crippen LogP contribution in [-0.2, 0) is 0 Å². The summed E-state index contributed by atoms with van der Waals surface area (Å²) in [6.45, 7) is 2.30. The van der Waals surface area contributed by atoms with Crippen molar-refractivity contribution in [2.24, 2.45) is 11.8 Å². The van der Waals surface area contributed by atoms with Crippen molar-refractivity contribution >= 4 is 0 Å². The van der Waals surface area contributed by atoms with Crippen LogP contribution in [0.15, 0.2) is 0 Å². The third-order valence-electron chi connectivity index (χ3n) is 3.51. The minimum absolute atomic E-state index is 0.288. The second-order valence-electron chi connectivity index (χ2n) is 4.71. The number of hydrogen-bond donors (Lipinski definition) is 1. The van der Waals surface area contributed by atoms with Gasteiger partial charge in [0, 0.05) is 12.1 Å². The quantitative estimate of drug-likeness (QED) is 0.702. The Morgan fingerprint density at radius 3 is 2.69 bits per heavy atom. The fourth-order valence-electron chi connectivity index (χ4n) is 2.66. The first-order chi connectivity index (χ1) is 6.29. The van der Waals surface area contributed by atoms with Gasteiger partial charge in [0.25, 0.3) is 0 Å². The van der Waals surface area contributed by atoms with Gasteiger partial charge in [-0.15, -0.1) is 0 Å². The van der Waals surface area contributed by atoms with Gasteiger partial charge in [-0.05, 0) is 31.6 Å². The number of rotatable bonds is 2. The predicted octanol–water partition coefficient (Wildman–Crippen LogP) is 2.07. The second-order valence-corrected chi connectivity index (χ2v) is 4.71. The summed E-state index contributed by atoms with van der Waals surface area (Å²) >= 11 is 0. The molecule has 2 aliphatic rings. The normalized spacial score (nSPS) is 44.0. The van der Waals surface area contributed by atoms with Crippen LogP contribution in [0.4, 0.5) is 0 Å². The SMILES string of the molecule is CC1CC(NC2CCCC2C#N)C1. The van der Waals surface area contributed by atoms with Gasteiger partial charge in [0.2, 0.25) is 0 Å². The smallest absolute Gasteiger partial charge is 0.0672 e. The molecule has 0 spiro atoms. The van der Waals surface area contributed by atoms with E-state index in [2.05, 4.69) is 18.3 Å². The third kappa shape index (κ3) is 1.86. The average Bonchev–Trinajstić information content (AvgIpc) is 2.49. The summed E-state index contributed by atoms with van der Waals surface area (Å²) in [7, 11) is 0. The molecule has 2 saturated carbocycles. The highest BCUT2D eigenvalue weighted by Crippen LogP contribution is 2.31. The minimum atomic E-state index is 0.288. The maximum atomic E-state index is 8.90. The highest BCUT2D eigenvalue weighted by molar-refractivity contribution is 4.98. The van der Waals surface area contributed by atoms with Crippen LogP contribution in [-0.4, -0.2) is 12.1 Å². The minimum Gasteiger partial charge on any atom is -0.310 e. The van der Waals surface area contributed by atoms with Crippen LogP contribution in [0, 0.1) is 23.2 Å². The molecule has 2 aliphatic carbocycles. The largest absolute Gasteiger partial charge is 0.310 e. The first-order valence-corrected chi connectivity index (χ1v) is 5.45. The Morgan fingerprint density at radius 1 is 1.31 bits per heavy atom. The number of hydrogen-bond acceptors (Lipinski definition) is 2. The summed E-state index contributed by atoms with van der Waals surface area (Å²) < 4.78 is 0. The van der Waals surface area contributed by atoms with Gasteiger partial charge in [0.05, 0.1) is 12.0 Å². The molecule has 0 aromatic rings. The highest BCUT2D eigenvalue weighted by Gasteiger charge is 2.32. The van der Waals surface area contributed by atoms with Crippen molar-refractivity contribution in [1.29, 1.82) is 5.26 Å². The van der Waals surface area contributed by atoms with Crippen molar-refractivity contribution in [2.75, 3.05) is 0 Å². The molecule has 2 rings (SSSR count). The van der Waals surface area contributed by atoms with Gasteiger partial charge in [0.15, 0.2) is 0 Å². The molecule has 2 atom stereocenters. The number of nitrogens with one attached hydrogen (secondary N) is 1. The number of nitriles is 1. The monoisotopic (exact) mass is 178 g/mol. The van der Waals surface area contributed by atoms with E-state index in [4.69, 9.17) is 5.26 Å². The fraction of sp³-hybridized carbons (Fsp3) is 0.909. The molecule has 13 heavy (non-hydrogen) atoms. The van der Waals surface area contributed by atoms with Gasteiger partial charge in [0.1, 0.15) is 0 Å². The molecule has 72 valence electrons. The zero-order chi connectivity index (χ0) is 9.26. The van der Waals surface area contributed by atoms with E-state index in [1.165, 1.54) is 25.7 Å². The van der Waals surface area contributed by atoms with Crippen LogP contribution < -0.4 is 5.32 Å². The Morgan fingerprint density at radius 2 is 2.08 bits per heavy atom. The highest BCUT2D eigenvalue weighted by atomic mass is 15.0. The van der Waals surface area contributed by atoms with E-state index in [-0.39, 0.29) is 5.92 Å². The fourth-order valence-corrected chi connectivity index (χ4v) is 2.66. The van der Waals surface area contributed by atoms with Gasteiger partial charge >= 0.3 is 0 Å². The molecule has 0 saturated heterocycles. The van der Waals surface area contributed by atoms with Crippen molar-refractivity contribution in [3.63, 3.8) is 0 Å². The lowest BCUT2D eigenvalue weighted by molar-refractivity contribution is 0.215. The zero-order valence-electron chi connectivity index (χ0n) is 8.29. The maximum Gasteiger partial charge on any atom is 0.0672 e. The molecule has 2 heteroatoms. The molecule has 0 radical (unpaired) electrons. The molecule has 0 aromatic carbocycles. The van der Waals surface area contributed by atoms with Crippen LogP contribution in [0.1, 0.15) is 39.0 Å². The summed E-state index contributed by atoms with van der Waals surface area (Å²) in [5.41, 5.74) is 0. The summed E-state index contributed by atoms with van der Waals surface area (Å²) in [5, 5.41) is 12.5. The lowest BCUT2D eigenvalue weighted by atomic mass is 9.81. The Balaban J connectivity index is 1.78. The van der Waals surface area contributed by atoms with Crippen molar-refractivity contribution in [3.05, 3.63) is 0 Å². The van der Waals surface area contributed by atoms with Gasteiger partial charge in [-0.3, -0.25) is 0 Å². The van der Waals surface area contributed by atoms with Crippen LogP contribution in [0.2, 0.25) is 0 Å². The van der Waals surface area contributed by atoms with E-state index in [0.717, 1.165) is 12.3 Å². The lowest BCUT2D eigenvalue weighted by Crippen LogP contribution is -2.46. The van der Waals surface area contributed by atoms with E-state index < -0.39 is 0 Å². The van der Waals surface area contributed by atoms with E-state index in [9.17, 15) is 0 Å². The maximum absolute atomic E-state index is 8.90. The van der Waals surface area contributed by atoms with Crippen LogP contribution in [0.5, 0.6) is 0 Å². The molecule has 2 fully saturated rings. The van der Waals surface area contributed by atoms with Crippen LogP contribution in [0.3, 0.4) is 0 Å². The topological polar surface area (TPSA) is 35.8 Å². The third-order valence-corrected chi connectivity index (χ3v) is 3.51. The molecule has 0 aliphatic heterocycles. The lowest BCUT2D eigenvalue weighted by Gasteiger charge is -2.36. The van der Waals surface area contributed by atoms with Crippen molar-refractivity contribution in [1.82, 2.24) is 5.32 Å². The molecular formula is C11H18N2. The van der Waals surface area contributed by atoms with E-state index in [0.29, 0.717) is 12.1 Å². The van der Waals surface area contributed by atoms with Crippen molar-refractivity contribution in [3.8, 4) is 6.07 Å². The number of nitrogens with zero attached hydrogens (tertiary/aromatic N) is 1. The Labute approximate surface area is 80.3 Å². The summed E-state index contributed by atoms with van der Waals surface area (Å²) in [4.78, 5) is 0. The molecule has 0 aromatic heterocycles. The van der Waals surface area contributed by atoms with Gasteiger partial charge < -0.3 is 5.32 Å². The molecular weight excluding hydrogens is 160 g/mol. The first-order valence-electron chi connectivity index (χ1n) is 5.45. The Bertz CT molecular complexity index is 213. The zero-order valence-corrected chi connectivity index (χ0v) is 8.29. The Kier molecular flexibility index (Phi) is 2.55. The van der Waals surface area contributed by atoms with Gasteiger partial charge in [-0.2, -0.15) is 5.26 Å². The summed E-state index contributed by atoms with van der Waals surface area (Å²) in [6.07, 6.45) is 6.18. The van der Waals surface area contributed by atoms with E-state index in [1.807, 2.05) is 0 Å². The van der Waals surface area contributed by atoms with Crippen LogP contribution >= 0.6 is 0 Å². The standard InChI is InChI=1S/C11H18N2/c1-8-5-10(6-8)13-11-4-2-3-9(11)7-12/h8-11,13H,2-6H2,1H3.